The SMILES string of the molecule is O=C(O)CC1CCN(C(=O)CC2CCOCC2)CC1. The minimum atomic E-state index is -0.730. The zero-order valence-electron chi connectivity index (χ0n) is 11.3. The number of carboxylic acid groups (broad SMARTS) is 1. The van der Waals surface area contributed by atoms with Crippen molar-refractivity contribution < 1.29 is 19.4 Å². The maximum absolute atomic E-state index is 12.2. The Labute approximate surface area is 113 Å². The van der Waals surface area contributed by atoms with E-state index in [1.54, 1.807) is 0 Å². The maximum Gasteiger partial charge on any atom is 0.303 e. The van der Waals surface area contributed by atoms with E-state index >= 15 is 0 Å². The number of hydrogen-bond acceptors (Lipinski definition) is 3. The molecular formula is C14H23NO4. The molecule has 1 amide bonds. The van der Waals surface area contributed by atoms with Crippen molar-refractivity contribution in [2.75, 3.05) is 26.3 Å². The average Bonchev–Trinajstić information content (AvgIpc) is 2.40. The summed E-state index contributed by atoms with van der Waals surface area (Å²) in [5, 5.41) is 8.76. The first-order valence-corrected chi connectivity index (χ1v) is 7.22. The third-order valence-corrected chi connectivity index (χ3v) is 4.23. The van der Waals surface area contributed by atoms with Crippen molar-refractivity contribution in [3.8, 4) is 0 Å². The molecule has 2 rings (SSSR count). The molecule has 0 bridgehead atoms. The van der Waals surface area contributed by atoms with Gasteiger partial charge < -0.3 is 14.7 Å². The second-order valence-electron chi connectivity index (χ2n) is 5.68. The summed E-state index contributed by atoms with van der Waals surface area (Å²) in [4.78, 5) is 24.7. The lowest BCUT2D eigenvalue weighted by Crippen LogP contribution is -2.40. The molecule has 2 fully saturated rings. The number of amides is 1. The second-order valence-corrected chi connectivity index (χ2v) is 5.68. The molecule has 0 saturated carbocycles. The van der Waals surface area contributed by atoms with Crippen molar-refractivity contribution >= 4 is 11.9 Å². The van der Waals surface area contributed by atoms with Crippen molar-refractivity contribution in [3.63, 3.8) is 0 Å². The molecule has 0 aliphatic carbocycles. The molecule has 2 saturated heterocycles. The van der Waals surface area contributed by atoms with Gasteiger partial charge in [0.15, 0.2) is 0 Å². The molecule has 0 spiro atoms. The molecule has 2 heterocycles. The molecule has 0 aromatic carbocycles. The van der Waals surface area contributed by atoms with Crippen molar-refractivity contribution in [1.82, 2.24) is 4.90 Å². The Hall–Kier alpha value is -1.10. The predicted molar refractivity (Wildman–Crippen MR) is 69.7 cm³/mol. The Bertz CT molecular complexity index is 317. The summed E-state index contributed by atoms with van der Waals surface area (Å²) in [5.41, 5.74) is 0. The standard InChI is InChI=1S/C14H23NO4/c16-13(9-12-3-7-19-8-4-12)15-5-1-11(2-6-15)10-14(17)18/h11-12H,1-10H2,(H,17,18). The Morgan fingerprint density at radius 1 is 1.00 bits per heavy atom. The summed E-state index contributed by atoms with van der Waals surface area (Å²) < 4.78 is 5.30. The van der Waals surface area contributed by atoms with Crippen LogP contribution < -0.4 is 0 Å². The molecule has 0 atom stereocenters. The molecule has 0 radical (unpaired) electrons. The summed E-state index contributed by atoms with van der Waals surface area (Å²) in [6.45, 7) is 3.00. The third kappa shape index (κ3) is 4.49. The Morgan fingerprint density at radius 3 is 2.16 bits per heavy atom. The number of likely N-dealkylation sites (tertiary alicyclic amines) is 1. The van der Waals surface area contributed by atoms with E-state index < -0.39 is 5.97 Å². The molecule has 0 aromatic rings. The fourth-order valence-electron chi connectivity index (χ4n) is 2.96. The van der Waals surface area contributed by atoms with Crippen molar-refractivity contribution in [2.24, 2.45) is 11.8 Å². The Balaban J connectivity index is 1.71. The molecule has 2 aliphatic heterocycles. The molecule has 5 nitrogen and oxygen atoms in total. The molecule has 5 heteroatoms. The smallest absolute Gasteiger partial charge is 0.303 e. The van der Waals surface area contributed by atoms with Gasteiger partial charge in [0.1, 0.15) is 0 Å². The molecule has 0 aromatic heterocycles. The van der Waals surface area contributed by atoms with Gasteiger partial charge in [-0.05, 0) is 37.5 Å². The van der Waals surface area contributed by atoms with E-state index in [1.807, 2.05) is 4.90 Å². The minimum Gasteiger partial charge on any atom is -0.481 e. The van der Waals surface area contributed by atoms with E-state index in [-0.39, 0.29) is 18.2 Å². The lowest BCUT2D eigenvalue weighted by molar-refractivity contribution is -0.138. The van der Waals surface area contributed by atoms with Gasteiger partial charge in [-0.25, -0.2) is 0 Å². The quantitative estimate of drug-likeness (QED) is 0.840. The van der Waals surface area contributed by atoms with Crippen LogP contribution in [0.3, 0.4) is 0 Å². The van der Waals surface area contributed by atoms with E-state index in [2.05, 4.69) is 0 Å². The van der Waals surface area contributed by atoms with Crippen LogP contribution in [0.4, 0.5) is 0 Å². The van der Waals surface area contributed by atoms with Crippen LogP contribution in [0, 0.1) is 11.8 Å². The van der Waals surface area contributed by atoms with E-state index in [1.165, 1.54) is 0 Å². The molecule has 0 unspecified atom stereocenters. The van der Waals surface area contributed by atoms with Gasteiger partial charge in [-0.15, -0.1) is 0 Å². The van der Waals surface area contributed by atoms with Crippen LogP contribution >= 0.6 is 0 Å². The molecule has 1 N–H and O–H groups in total. The van der Waals surface area contributed by atoms with Gasteiger partial charge in [-0.1, -0.05) is 0 Å². The number of nitrogens with zero attached hydrogens (tertiary/aromatic N) is 1. The first kappa shape index (κ1) is 14.3. The fraction of sp³-hybridized carbons (Fsp3) is 0.857. The lowest BCUT2D eigenvalue weighted by Gasteiger charge is -2.33. The van der Waals surface area contributed by atoms with Gasteiger partial charge in [0.2, 0.25) is 5.91 Å². The Kier molecular flexibility index (Phi) is 5.19. The van der Waals surface area contributed by atoms with Crippen molar-refractivity contribution in [3.05, 3.63) is 0 Å². The average molecular weight is 269 g/mol. The highest BCUT2D eigenvalue weighted by atomic mass is 16.5. The number of carboxylic acids is 1. The maximum atomic E-state index is 12.2. The van der Waals surface area contributed by atoms with E-state index in [4.69, 9.17) is 9.84 Å². The van der Waals surface area contributed by atoms with Gasteiger partial charge in [-0.2, -0.15) is 0 Å². The third-order valence-electron chi connectivity index (χ3n) is 4.23. The summed E-state index contributed by atoms with van der Waals surface area (Å²) in [7, 11) is 0. The van der Waals surface area contributed by atoms with Crippen molar-refractivity contribution in [1.29, 1.82) is 0 Å². The van der Waals surface area contributed by atoms with Crippen LogP contribution in [0.25, 0.3) is 0 Å². The van der Waals surface area contributed by atoms with Gasteiger partial charge in [-0.3, -0.25) is 9.59 Å². The molecular weight excluding hydrogens is 246 g/mol. The minimum absolute atomic E-state index is 0.237. The summed E-state index contributed by atoms with van der Waals surface area (Å²) in [6, 6.07) is 0. The molecule has 108 valence electrons. The monoisotopic (exact) mass is 269 g/mol. The zero-order chi connectivity index (χ0) is 13.7. The number of piperidine rings is 1. The second kappa shape index (κ2) is 6.89. The predicted octanol–water partition coefficient (Wildman–Crippen LogP) is 1.52. The highest BCUT2D eigenvalue weighted by Gasteiger charge is 2.26. The number of carbonyl (C=O) groups excluding carboxylic acids is 1. The molecule has 19 heavy (non-hydrogen) atoms. The summed E-state index contributed by atoms with van der Waals surface area (Å²) >= 11 is 0. The fourth-order valence-corrected chi connectivity index (χ4v) is 2.96. The van der Waals surface area contributed by atoms with Gasteiger partial charge in [0, 0.05) is 39.1 Å². The van der Waals surface area contributed by atoms with E-state index in [0.717, 1.165) is 52.0 Å². The van der Waals surface area contributed by atoms with Crippen LogP contribution in [-0.2, 0) is 14.3 Å². The highest BCUT2D eigenvalue weighted by molar-refractivity contribution is 5.76. The number of hydrogen-bond donors (Lipinski definition) is 1. The number of rotatable bonds is 4. The lowest BCUT2D eigenvalue weighted by atomic mass is 9.92. The number of carbonyl (C=O) groups is 2. The molecule has 2 aliphatic rings. The zero-order valence-corrected chi connectivity index (χ0v) is 11.3. The first-order valence-electron chi connectivity index (χ1n) is 7.22. The van der Waals surface area contributed by atoms with Crippen molar-refractivity contribution in [2.45, 2.75) is 38.5 Å². The van der Waals surface area contributed by atoms with Gasteiger partial charge in [0.25, 0.3) is 0 Å². The number of aliphatic carboxylic acids is 1. The number of ether oxygens (including phenoxy) is 1. The van der Waals surface area contributed by atoms with Crippen LogP contribution in [0.2, 0.25) is 0 Å². The van der Waals surface area contributed by atoms with Crippen LogP contribution in [0.5, 0.6) is 0 Å². The van der Waals surface area contributed by atoms with E-state index in [9.17, 15) is 9.59 Å². The first-order chi connectivity index (χ1) is 9.15. The van der Waals surface area contributed by atoms with Gasteiger partial charge >= 0.3 is 5.97 Å². The van der Waals surface area contributed by atoms with Crippen LogP contribution in [0.15, 0.2) is 0 Å². The topological polar surface area (TPSA) is 66.8 Å². The van der Waals surface area contributed by atoms with Crippen LogP contribution in [-0.4, -0.2) is 48.2 Å². The van der Waals surface area contributed by atoms with E-state index in [0.29, 0.717) is 12.3 Å². The summed E-state index contributed by atoms with van der Waals surface area (Å²) in [5.74, 6) is 0.218. The highest BCUT2D eigenvalue weighted by Crippen LogP contribution is 2.24. The van der Waals surface area contributed by atoms with Gasteiger partial charge in [0.05, 0.1) is 0 Å². The summed E-state index contributed by atoms with van der Waals surface area (Å²) in [6.07, 6.45) is 4.50. The largest absolute Gasteiger partial charge is 0.481 e. The normalized spacial score (nSPS) is 22.4. The van der Waals surface area contributed by atoms with Crippen LogP contribution in [0.1, 0.15) is 38.5 Å². The Morgan fingerprint density at radius 2 is 1.58 bits per heavy atom.